The van der Waals surface area contributed by atoms with Crippen molar-refractivity contribution in [1.29, 1.82) is 0 Å². The molecule has 1 aliphatic heterocycles. The molecule has 1 N–H and O–H groups in total. The summed E-state index contributed by atoms with van der Waals surface area (Å²) in [6.45, 7) is 2.92. The quantitative estimate of drug-likeness (QED) is 0.758. The number of aromatic nitrogens is 3. The maximum Gasteiger partial charge on any atom is 0.224 e. The van der Waals surface area contributed by atoms with Gasteiger partial charge in [-0.05, 0) is 13.3 Å². The Bertz CT molecular complexity index is 323. The van der Waals surface area contributed by atoms with E-state index in [0.717, 1.165) is 24.8 Å². The van der Waals surface area contributed by atoms with Crippen molar-refractivity contribution in [3.8, 4) is 0 Å². The Morgan fingerprint density at radius 2 is 2.29 bits per heavy atom. The van der Waals surface area contributed by atoms with E-state index < -0.39 is 0 Å². The Morgan fingerprint density at radius 1 is 1.50 bits per heavy atom. The summed E-state index contributed by atoms with van der Waals surface area (Å²) in [7, 11) is 3.83. The van der Waals surface area contributed by atoms with Crippen LogP contribution < -0.4 is 5.32 Å². The van der Waals surface area contributed by atoms with Gasteiger partial charge in [0.2, 0.25) is 5.95 Å². The lowest BCUT2D eigenvalue weighted by atomic mass is 10.0. The van der Waals surface area contributed by atoms with Crippen molar-refractivity contribution in [2.75, 3.05) is 19.0 Å². The van der Waals surface area contributed by atoms with E-state index in [1.54, 1.807) is 0 Å². The minimum atomic E-state index is 0.252. The van der Waals surface area contributed by atoms with Crippen LogP contribution in [0, 0.1) is 0 Å². The predicted octanol–water partition coefficient (Wildman–Crippen LogP) is 0.749. The van der Waals surface area contributed by atoms with Crippen LogP contribution in [0.5, 0.6) is 0 Å². The van der Waals surface area contributed by atoms with Gasteiger partial charge in [-0.15, -0.1) is 10.2 Å². The van der Waals surface area contributed by atoms with Crippen molar-refractivity contribution >= 4 is 5.95 Å². The number of nitrogens with one attached hydrogen (secondary N) is 1. The number of hydrogen-bond donors (Lipinski definition) is 1. The lowest BCUT2D eigenvalue weighted by Gasteiger charge is -2.12. The molecule has 0 spiro atoms. The monoisotopic (exact) mass is 196 g/mol. The second-order valence-corrected chi connectivity index (χ2v) is 3.66. The summed E-state index contributed by atoms with van der Waals surface area (Å²) >= 11 is 0. The summed E-state index contributed by atoms with van der Waals surface area (Å²) in [5, 5.41) is 11.3. The molecular weight excluding hydrogens is 180 g/mol. The molecule has 2 atom stereocenters. The second kappa shape index (κ2) is 3.57. The van der Waals surface area contributed by atoms with Crippen LogP contribution >= 0.6 is 0 Å². The predicted molar refractivity (Wildman–Crippen MR) is 53.3 cm³/mol. The highest BCUT2D eigenvalue weighted by Crippen LogP contribution is 2.30. The normalized spacial score (nSPS) is 26.8. The summed E-state index contributed by atoms with van der Waals surface area (Å²) < 4.78 is 7.51. The van der Waals surface area contributed by atoms with Crippen LogP contribution in [0.1, 0.15) is 25.1 Å². The molecule has 0 saturated carbocycles. The highest BCUT2D eigenvalue weighted by atomic mass is 16.5. The van der Waals surface area contributed by atoms with E-state index in [1.807, 2.05) is 18.7 Å². The molecule has 14 heavy (non-hydrogen) atoms. The largest absolute Gasteiger partial charge is 0.378 e. The molecule has 1 saturated heterocycles. The highest BCUT2D eigenvalue weighted by Gasteiger charge is 2.30. The van der Waals surface area contributed by atoms with E-state index in [4.69, 9.17) is 4.74 Å². The summed E-state index contributed by atoms with van der Waals surface area (Å²) in [5.74, 6) is 2.20. The number of ether oxygens (including phenoxy) is 1. The molecule has 5 heteroatoms. The van der Waals surface area contributed by atoms with Crippen molar-refractivity contribution in [3.63, 3.8) is 0 Å². The van der Waals surface area contributed by atoms with Gasteiger partial charge < -0.3 is 14.6 Å². The van der Waals surface area contributed by atoms with Gasteiger partial charge in [0.05, 0.1) is 6.10 Å². The smallest absolute Gasteiger partial charge is 0.224 e. The topological polar surface area (TPSA) is 52.0 Å². The van der Waals surface area contributed by atoms with Crippen LogP contribution in [-0.4, -0.2) is 34.5 Å². The Morgan fingerprint density at radius 3 is 2.79 bits per heavy atom. The zero-order chi connectivity index (χ0) is 10.1. The zero-order valence-corrected chi connectivity index (χ0v) is 8.82. The first kappa shape index (κ1) is 9.45. The Hall–Kier alpha value is -1.10. The van der Waals surface area contributed by atoms with Crippen molar-refractivity contribution in [1.82, 2.24) is 14.8 Å². The van der Waals surface area contributed by atoms with Crippen LogP contribution in [0.25, 0.3) is 0 Å². The van der Waals surface area contributed by atoms with E-state index >= 15 is 0 Å². The van der Waals surface area contributed by atoms with Crippen molar-refractivity contribution < 1.29 is 4.74 Å². The first-order valence-electron chi connectivity index (χ1n) is 4.92. The molecule has 1 aromatic heterocycles. The average Bonchev–Trinajstić information content (AvgIpc) is 2.72. The minimum absolute atomic E-state index is 0.252. The summed E-state index contributed by atoms with van der Waals surface area (Å²) in [4.78, 5) is 0. The molecule has 0 radical (unpaired) electrons. The van der Waals surface area contributed by atoms with Gasteiger partial charge in [-0.25, -0.2) is 0 Å². The fourth-order valence-electron chi connectivity index (χ4n) is 1.95. The lowest BCUT2D eigenvalue weighted by Crippen LogP contribution is -2.14. The molecule has 1 aliphatic rings. The van der Waals surface area contributed by atoms with Gasteiger partial charge in [-0.3, -0.25) is 0 Å². The summed E-state index contributed by atoms with van der Waals surface area (Å²) in [6, 6.07) is 0. The van der Waals surface area contributed by atoms with E-state index in [0.29, 0.717) is 5.92 Å². The van der Waals surface area contributed by atoms with Gasteiger partial charge in [-0.1, -0.05) is 0 Å². The van der Waals surface area contributed by atoms with Gasteiger partial charge in [-0.2, -0.15) is 0 Å². The van der Waals surface area contributed by atoms with Crippen LogP contribution in [-0.2, 0) is 11.8 Å². The van der Waals surface area contributed by atoms with Gasteiger partial charge in [0.1, 0.15) is 5.82 Å². The Kier molecular flexibility index (Phi) is 2.41. The van der Waals surface area contributed by atoms with Gasteiger partial charge in [0.25, 0.3) is 0 Å². The van der Waals surface area contributed by atoms with E-state index in [-0.39, 0.29) is 6.10 Å². The maximum atomic E-state index is 5.52. The molecule has 0 aliphatic carbocycles. The maximum absolute atomic E-state index is 5.52. The molecule has 0 aromatic carbocycles. The van der Waals surface area contributed by atoms with Crippen LogP contribution in [0.2, 0.25) is 0 Å². The highest BCUT2D eigenvalue weighted by molar-refractivity contribution is 5.25. The minimum Gasteiger partial charge on any atom is -0.378 e. The Balaban J connectivity index is 2.27. The molecular formula is C9H16N4O. The lowest BCUT2D eigenvalue weighted by molar-refractivity contribution is 0.117. The van der Waals surface area contributed by atoms with E-state index in [2.05, 4.69) is 22.4 Å². The van der Waals surface area contributed by atoms with E-state index in [9.17, 15) is 0 Å². The molecule has 0 bridgehead atoms. The third-order valence-electron chi connectivity index (χ3n) is 2.84. The number of hydrogen-bond acceptors (Lipinski definition) is 4. The van der Waals surface area contributed by atoms with Gasteiger partial charge in [0, 0.05) is 26.6 Å². The van der Waals surface area contributed by atoms with Crippen LogP contribution in [0.15, 0.2) is 0 Å². The second-order valence-electron chi connectivity index (χ2n) is 3.66. The van der Waals surface area contributed by atoms with Gasteiger partial charge in [0.15, 0.2) is 0 Å². The van der Waals surface area contributed by atoms with Gasteiger partial charge >= 0.3 is 0 Å². The fraction of sp³-hybridized carbons (Fsp3) is 0.778. The molecule has 2 unspecified atom stereocenters. The van der Waals surface area contributed by atoms with Crippen LogP contribution in [0.4, 0.5) is 5.95 Å². The molecule has 5 nitrogen and oxygen atoms in total. The first-order valence-corrected chi connectivity index (χ1v) is 4.92. The molecule has 0 amide bonds. The standard InChI is InChI=1S/C9H16N4O/c1-6-7(4-5-14-6)8-11-12-9(10-2)13(8)3/h6-7H,4-5H2,1-3H3,(H,10,12). The number of anilines is 1. The summed E-state index contributed by atoms with van der Waals surface area (Å²) in [5.41, 5.74) is 0. The SMILES string of the molecule is CNc1nnc(C2CCOC2C)n1C. The van der Waals surface area contributed by atoms with Crippen molar-refractivity contribution in [2.45, 2.75) is 25.4 Å². The fourth-order valence-corrected chi connectivity index (χ4v) is 1.95. The number of rotatable bonds is 2. The van der Waals surface area contributed by atoms with Crippen LogP contribution in [0.3, 0.4) is 0 Å². The molecule has 1 fully saturated rings. The third-order valence-corrected chi connectivity index (χ3v) is 2.84. The van der Waals surface area contributed by atoms with Crippen molar-refractivity contribution in [3.05, 3.63) is 5.82 Å². The number of nitrogens with zero attached hydrogens (tertiary/aromatic N) is 3. The first-order chi connectivity index (χ1) is 6.74. The molecule has 78 valence electrons. The molecule has 1 aromatic rings. The zero-order valence-electron chi connectivity index (χ0n) is 8.82. The summed E-state index contributed by atoms with van der Waals surface area (Å²) in [6.07, 6.45) is 1.29. The van der Waals surface area contributed by atoms with Crippen molar-refractivity contribution in [2.24, 2.45) is 7.05 Å². The average molecular weight is 196 g/mol. The Labute approximate surface area is 83.5 Å². The van der Waals surface area contributed by atoms with E-state index in [1.165, 1.54) is 0 Å². The molecule has 2 rings (SSSR count). The molecule has 2 heterocycles. The third kappa shape index (κ3) is 1.37.